The summed E-state index contributed by atoms with van der Waals surface area (Å²) in [4.78, 5) is 25.5. The number of piperidine rings is 1. The van der Waals surface area contributed by atoms with E-state index in [1.807, 2.05) is 6.92 Å². The van der Waals surface area contributed by atoms with Gasteiger partial charge in [0.1, 0.15) is 0 Å². The molecule has 0 aromatic carbocycles. The van der Waals surface area contributed by atoms with Gasteiger partial charge in [0.2, 0.25) is 5.91 Å². The van der Waals surface area contributed by atoms with Crippen LogP contribution in [0.1, 0.15) is 46.0 Å². The van der Waals surface area contributed by atoms with Crippen molar-refractivity contribution in [3.8, 4) is 0 Å². The fourth-order valence-electron chi connectivity index (χ4n) is 2.30. The van der Waals surface area contributed by atoms with Gasteiger partial charge in [0.25, 0.3) is 0 Å². The first-order valence-electron chi connectivity index (χ1n) is 7.83. The van der Waals surface area contributed by atoms with Gasteiger partial charge in [0.15, 0.2) is 0 Å². The van der Waals surface area contributed by atoms with E-state index in [0.717, 1.165) is 51.7 Å². The molecule has 1 fully saturated rings. The van der Waals surface area contributed by atoms with Gasteiger partial charge in [-0.3, -0.25) is 14.5 Å². The minimum Gasteiger partial charge on any atom is -0.465 e. The van der Waals surface area contributed by atoms with Gasteiger partial charge in [-0.25, -0.2) is 0 Å². The van der Waals surface area contributed by atoms with E-state index < -0.39 is 0 Å². The van der Waals surface area contributed by atoms with E-state index in [9.17, 15) is 9.59 Å². The number of carbonyl (C=O) groups excluding carboxylic acids is 2. The minimum absolute atomic E-state index is 0.105. The maximum Gasteiger partial charge on any atom is 0.320 e. The van der Waals surface area contributed by atoms with Gasteiger partial charge in [-0.05, 0) is 38.8 Å². The Morgan fingerprint density at radius 3 is 2.50 bits per heavy atom. The van der Waals surface area contributed by atoms with Crippen molar-refractivity contribution in [2.45, 2.75) is 46.0 Å². The van der Waals surface area contributed by atoms with E-state index in [-0.39, 0.29) is 17.8 Å². The SMILES string of the molecule is CCCCOC(=O)CN1CCC(C(=O)NCCC)CC1. The Kier molecular flexibility index (Phi) is 8.26. The van der Waals surface area contributed by atoms with Gasteiger partial charge in [-0.15, -0.1) is 0 Å². The number of unbranched alkanes of at least 4 members (excludes halogenated alkanes) is 1. The second-order valence-electron chi connectivity index (χ2n) is 5.42. The van der Waals surface area contributed by atoms with E-state index in [1.54, 1.807) is 0 Å². The third-order valence-electron chi connectivity index (χ3n) is 3.62. The molecule has 1 rings (SSSR count). The second kappa shape index (κ2) is 9.75. The Labute approximate surface area is 122 Å². The van der Waals surface area contributed by atoms with Crippen LogP contribution < -0.4 is 5.32 Å². The molecule has 1 aliphatic rings. The summed E-state index contributed by atoms with van der Waals surface area (Å²) in [5.41, 5.74) is 0. The predicted molar refractivity (Wildman–Crippen MR) is 78.3 cm³/mol. The third kappa shape index (κ3) is 6.37. The maximum absolute atomic E-state index is 11.8. The summed E-state index contributed by atoms with van der Waals surface area (Å²) < 4.78 is 5.15. The smallest absolute Gasteiger partial charge is 0.320 e. The zero-order valence-corrected chi connectivity index (χ0v) is 12.8. The number of hydrogen-bond acceptors (Lipinski definition) is 4. The number of rotatable bonds is 8. The third-order valence-corrected chi connectivity index (χ3v) is 3.62. The lowest BCUT2D eigenvalue weighted by Gasteiger charge is -2.30. The molecule has 0 atom stereocenters. The molecule has 5 nitrogen and oxygen atoms in total. The molecule has 1 heterocycles. The molecule has 0 aromatic rings. The van der Waals surface area contributed by atoms with E-state index in [2.05, 4.69) is 17.1 Å². The second-order valence-corrected chi connectivity index (χ2v) is 5.42. The molecule has 0 bridgehead atoms. The molecule has 1 aliphatic heterocycles. The van der Waals surface area contributed by atoms with Crippen LogP contribution in [0.15, 0.2) is 0 Å². The van der Waals surface area contributed by atoms with Gasteiger partial charge in [-0.1, -0.05) is 20.3 Å². The zero-order valence-electron chi connectivity index (χ0n) is 12.8. The lowest BCUT2D eigenvalue weighted by Crippen LogP contribution is -2.42. The Bertz CT molecular complexity index is 299. The van der Waals surface area contributed by atoms with Crippen LogP contribution in [-0.2, 0) is 14.3 Å². The number of esters is 1. The van der Waals surface area contributed by atoms with Crippen molar-refractivity contribution in [2.75, 3.05) is 32.8 Å². The summed E-state index contributed by atoms with van der Waals surface area (Å²) in [6.45, 7) is 7.34. The molecular weight excluding hydrogens is 256 g/mol. The minimum atomic E-state index is -0.146. The highest BCUT2D eigenvalue weighted by Crippen LogP contribution is 2.17. The summed E-state index contributed by atoms with van der Waals surface area (Å²) in [5.74, 6) is 0.123. The molecule has 1 N–H and O–H groups in total. The van der Waals surface area contributed by atoms with Crippen LogP contribution in [0.4, 0.5) is 0 Å². The highest BCUT2D eigenvalue weighted by molar-refractivity contribution is 5.78. The molecule has 20 heavy (non-hydrogen) atoms. The van der Waals surface area contributed by atoms with Crippen molar-refractivity contribution in [1.82, 2.24) is 10.2 Å². The Morgan fingerprint density at radius 2 is 1.90 bits per heavy atom. The average Bonchev–Trinajstić information content (AvgIpc) is 2.46. The number of carbonyl (C=O) groups is 2. The molecule has 0 unspecified atom stereocenters. The molecule has 0 saturated carbocycles. The molecule has 116 valence electrons. The van der Waals surface area contributed by atoms with Gasteiger partial charge in [0.05, 0.1) is 13.2 Å². The first kappa shape index (κ1) is 17.0. The quantitative estimate of drug-likeness (QED) is 0.543. The van der Waals surface area contributed by atoms with E-state index in [1.165, 1.54) is 0 Å². The molecule has 5 heteroatoms. The van der Waals surface area contributed by atoms with Crippen LogP contribution >= 0.6 is 0 Å². The Balaban J connectivity index is 2.18. The summed E-state index contributed by atoms with van der Waals surface area (Å²) in [7, 11) is 0. The van der Waals surface area contributed by atoms with Crippen LogP contribution in [0.25, 0.3) is 0 Å². The fourth-order valence-corrected chi connectivity index (χ4v) is 2.30. The van der Waals surface area contributed by atoms with Crippen molar-refractivity contribution in [3.05, 3.63) is 0 Å². The number of hydrogen-bond donors (Lipinski definition) is 1. The number of amides is 1. The molecule has 0 aromatic heterocycles. The molecular formula is C15H28N2O3. The summed E-state index contributed by atoms with van der Waals surface area (Å²) in [6, 6.07) is 0. The fraction of sp³-hybridized carbons (Fsp3) is 0.867. The summed E-state index contributed by atoms with van der Waals surface area (Å²) in [5, 5.41) is 2.94. The van der Waals surface area contributed by atoms with Gasteiger partial charge >= 0.3 is 5.97 Å². The van der Waals surface area contributed by atoms with E-state index in [4.69, 9.17) is 4.74 Å². The van der Waals surface area contributed by atoms with Gasteiger partial charge in [-0.2, -0.15) is 0 Å². The van der Waals surface area contributed by atoms with Crippen molar-refractivity contribution in [1.29, 1.82) is 0 Å². The lowest BCUT2D eigenvalue weighted by molar-refractivity contribution is -0.145. The number of nitrogens with zero attached hydrogens (tertiary/aromatic N) is 1. The van der Waals surface area contributed by atoms with Crippen molar-refractivity contribution in [2.24, 2.45) is 5.92 Å². The molecule has 0 aliphatic carbocycles. The van der Waals surface area contributed by atoms with Crippen molar-refractivity contribution in [3.63, 3.8) is 0 Å². The molecule has 0 spiro atoms. The first-order valence-corrected chi connectivity index (χ1v) is 7.83. The van der Waals surface area contributed by atoms with Gasteiger partial charge < -0.3 is 10.1 Å². The van der Waals surface area contributed by atoms with Gasteiger partial charge in [0, 0.05) is 12.5 Å². The van der Waals surface area contributed by atoms with E-state index >= 15 is 0 Å². The number of likely N-dealkylation sites (tertiary alicyclic amines) is 1. The van der Waals surface area contributed by atoms with Crippen LogP contribution in [0.2, 0.25) is 0 Å². The van der Waals surface area contributed by atoms with Crippen molar-refractivity contribution >= 4 is 11.9 Å². The molecule has 1 saturated heterocycles. The topological polar surface area (TPSA) is 58.6 Å². The van der Waals surface area contributed by atoms with Crippen LogP contribution in [0.5, 0.6) is 0 Å². The monoisotopic (exact) mass is 284 g/mol. The van der Waals surface area contributed by atoms with E-state index in [0.29, 0.717) is 13.2 Å². The zero-order chi connectivity index (χ0) is 14.8. The standard InChI is InChI=1S/C15H28N2O3/c1-3-5-11-20-14(18)12-17-9-6-13(7-10-17)15(19)16-8-4-2/h13H,3-12H2,1-2H3,(H,16,19). The van der Waals surface area contributed by atoms with Crippen LogP contribution in [0, 0.1) is 5.92 Å². The Morgan fingerprint density at radius 1 is 1.20 bits per heavy atom. The lowest BCUT2D eigenvalue weighted by atomic mass is 9.96. The number of ether oxygens (including phenoxy) is 1. The van der Waals surface area contributed by atoms with Crippen LogP contribution in [0.3, 0.4) is 0 Å². The first-order chi connectivity index (χ1) is 9.67. The predicted octanol–water partition coefficient (Wildman–Crippen LogP) is 1.57. The Hall–Kier alpha value is -1.10. The molecule has 0 radical (unpaired) electrons. The normalized spacial score (nSPS) is 16.9. The highest BCUT2D eigenvalue weighted by Gasteiger charge is 2.25. The van der Waals surface area contributed by atoms with Crippen LogP contribution in [-0.4, -0.2) is 49.6 Å². The number of nitrogens with one attached hydrogen (secondary N) is 1. The average molecular weight is 284 g/mol. The maximum atomic E-state index is 11.8. The highest BCUT2D eigenvalue weighted by atomic mass is 16.5. The van der Waals surface area contributed by atoms with Crippen molar-refractivity contribution < 1.29 is 14.3 Å². The summed E-state index contributed by atoms with van der Waals surface area (Å²) in [6.07, 6.45) is 4.58. The molecule has 1 amide bonds. The summed E-state index contributed by atoms with van der Waals surface area (Å²) >= 11 is 0. The largest absolute Gasteiger partial charge is 0.465 e.